The lowest BCUT2D eigenvalue weighted by molar-refractivity contribution is 0.0934. The standard InChI is InChI=1S/C24H22INO3/c25-20-10-7-18(8-11-20)24(27)26-21(12-6-17-4-2-1-3-5-17)19-9-13-22-23(16-19)29-15-14-28-22/h1-5,7-11,13,16,21H,6,12,14-15H2,(H,26,27). The molecule has 0 aromatic heterocycles. The largest absolute Gasteiger partial charge is 0.486 e. The van der Waals surface area contributed by atoms with Crippen LogP contribution < -0.4 is 14.8 Å². The number of hydrogen-bond donors (Lipinski definition) is 1. The fourth-order valence-corrected chi connectivity index (χ4v) is 3.76. The quantitative estimate of drug-likeness (QED) is 0.477. The first kappa shape index (κ1) is 19.8. The minimum Gasteiger partial charge on any atom is -0.486 e. The number of amides is 1. The average molecular weight is 499 g/mol. The zero-order chi connectivity index (χ0) is 20.1. The maximum atomic E-state index is 12.9. The van der Waals surface area contributed by atoms with E-state index in [1.165, 1.54) is 5.56 Å². The third-order valence-corrected chi connectivity index (χ3v) is 5.66. The minimum atomic E-state index is -0.127. The Balaban J connectivity index is 1.56. The first-order valence-corrected chi connectivity index (χ1v) is 10.8. The Labute approximate surface area is 184 Å². The monoisotopic (exact) mass is 499 g/mol. The molecule has 3 aromatic carbocycles. The van der Waals surface area contributed by atoms with Crippen LogP contribution in [0.1, 0.15) is 33.9 Å². The molecule has 1 atom stereocenters. The smallest absolute Gasteiger partial charge is 0.251 e. The molecule has 0 saturated heterocycles. The summed E-state index contributed by atoms with van der Waals surface area (Å²) in [5.74, 6) is 1.42. The van der Waals surface area contributed by atoms with E-state index < -0.39 is 0 Å². The van der Waals surface area contributed by atoms with Crippen LogP contribution in [-0.4, -0.2) is 19.1 Å². The van der Waals surface area contributed by atoms with Gasteiger partial charge in [-0.2, -0.15) is 0 Å². The van der Waals surface area contributed by atoms with Gasteiger partial charge in [0, 0.05) is 9.13 Å². The van der Waals surface area contributed by atoms with Crippen LogP contribution in [0.3, 0.4) is 0 Å². The van der Waals surface area contributed by atoms with Gasteiger partial charge in [-0.15, -0.1) is 0 Å². The molecule has 3 aromatic rings. The second kappa shape index (κ2) is 9.31. The lowest BCUT2D eigenvalue weighted by Gasteiger charge is -2.23. The zero-order valence-electron chi connectivity index (χ0n) is 15.9. The van der Waals surface area contributed by atoms with E-state index in [4.69, 9.17) is 9.47 Å². The summed E-state index contributed by atoms with van der Waals surface area (Å²) < 4.78 is 12.5. The summed E-state index contributed by atoms with van der Waals surface area (Å²) in [6.07, 6.45) is 1.66. The average Bonchev–Trinajstić information content (AvgIpc) is 2.77. The molecule has 1 aliphatic heterocycles. The van der Waals surface area contributed by atoms with Gasteiger partial charge in [0.25, 0.3) is 5.91 Å². The number of aryl methyl sites for hydroxylation is 1. The summed E-state index contributed by atoms with van der Waals surface area (Å²) in [5, 5.41) is 3.21. The fraction of sp³-hybridized carbons (Fsp3) is 0.208. The Morgan fingerprint density at radius 1 is 0.931 bits per heavy atom. The molecular formula is C24H22INO3. The van der Waals surface area contributed by atoms with Crippen molar-refractivity contribution < 1.29 is 14.3 Å². The van der Waals surface area contributed by atoms with Gasteiger partial charge in [-0.25, -0.2) is 0 Å². The normalized spacial score (nSPS) is 13.6. The topological polar surface area (TPSA) is 47.6 Å². The Kier molecular flexibility index (Phi) is 6.34. The minimum absolute atomic E-state index is 0.0747. The second-order valence-corrected chi connectivity index (χ2v) is 8.21. The first-order valence-electron chi connectivity index (χ1n) is 9.69. The number of ether oxygens (including phenoxy) is 2. The van der Waals surface area contributed by atoms with Crippen molar-refractivity contribution in [3.8, 4) is 11.5 Å². The summed E-state index contributed by atoms with van der Waals surface area (Å²) in [6, 6.07) is 23.7. The van der Waals surface area contributed by atoms with Crippen molar-refractivity contribution in [1.29, 1.82) is 0 Å². The van der Waals surface area contributed by atoms with Gasteiger partial charge in [0.2, 0.25) is 0 Å². The Hall–Kier alpha value is -2.54. The van der Waals surface area contributed by atoms with E-state index in [2.05, 4.69) is 40.0 Å². The van der Waals surface area contributed by atoms with Crippen molar-refractivity contribution in [2.45, 2.75) is 18.9 Å². The van der Waals surface area contributed by atoms with Crippen molar-refractivity contribution in [3.63, 3.8) is 0 Å². The third-order valence-electron chi connectivity index (χ3n) is 4.94. The van der Waals surface area contributed by atoms with E-state index >= 15 is 0 Å². The van der Waals surface area contributed by atoms with Crippen LogP contribution in [-0.2, 0) is 6.42 Å². The zero-order valence-corrected chi connectivity index (χ0v) is 18.1. The van der Waals surface area contributed by atoms with Gasteiger partial charge in [0.1, 0.15) is 13.2 Å². The summed E-state index contributed by atoms with van der Waals surface area (Å²) in [6.45, 7) is 1.10. The predicted molar refractivity (Wildman–Crippen MR) is 122 cm³/mol. The van der Waals surface area contributed by atoms with Crippen molar-refractivity contribution in [2.75, 3.05) is 13.2 Å². The number of hydrogen-bond acceptors (Lipinski definition) is 3. The molecule has 0 spiro atoms. The molecule has 0 radical (unpaired) electrons. The van der Waals surface area contributed by atoms with Crippen LogP contribution in [0.25, 0.3) is 0 Å². The maximum Gasteiger partial charge on any atom is 0.251 e. The summed E-state index contributed by atoms with van der Waals surface area (Å²) >= 11 is 2.24. The molecule has 1 aliphatic rings. The van der Waals surface area contributed by atoms with Crippen LogP contribution in [0, 0.1) is 3.57 Å². The molecule has 0 saturated carbocycles. The number of nitrogens with one attached hydrogen (secondary N) is 1. The lowest BCUT2D eigenvalue weighted by Crippen LogP contribution is -2.29. The molecule has 148 valence electrons. The molecule has 0 aliphatic carbocycles. The second-order valence-electron chi connectivity index (χ2n) is 6.96. The van der Waals surface area contributed by atoms with Crippen LogP contribution >= 0.6 is 22.6 Å². The van der Waals surface area contributed by atoms with E-state index in [1.54, 1.807) is 0 Å². The lowest BCUT2D eigenvalue weighted by atomic mass is 9.98. The summed E-state index contributed by atoms with van der Waals surface area (Å²) in [7, 11) is 0. The van der Waals surface area contributed by atoms with Crippen LogP contribution in [0.5, 0.6) is 11.5 Å². The number of fused-ring (bicyclic) bond motifs is 1. The summed E-state index contributed by atoms with van der Waals surface area (Å²) in [4.78, 5) is 12.9. The molecule has 29 heavy (non-hydrogen) atoms. The highest BCUT2D eigenvalue weighted by Gasteiger charge is 2.19. The van der Waals surface area contributed by atoms with Gasteiger partial charge in [0.05, 0.1) is 6.04 Å². The van der Waals surface area contributed by atoms with Gasteiger partial charge in [0.15, 0.2) is 11.5 Å². The molecule has 1 N–H and O–H groups in total. The highest BCUT2D eigenvalue weighted by Crippen LogP contribution is 2.33. The van der Waals surface area contributed by atoms with Gasteiger partial charge >= 0.3 is 0 Å². The Morgan fingerprint density at radius 2 is 1.66 bits per heavy atom. The molecule has 0 bridgehead atoms. The van der Waals surface area contributed by atoms with Crippen molar-refractivity contribution >= 4 is 28.5 Å². The van der Waals surface area contributed by atoms with Crippen LogP contribution in [0.4, 0.5) is 0 Å². The molecule has 5 heteroatoms. The van der Waals surface area contributed by atoms with E-state index in [9.17, 15) is 4.79 Å². The Bertz CT molecular complexity index is 973. The van der Waals surface area contributed by atoms with Crippen molar-refractivity contribution in [3.05, 3.63) is 93.1 Å². The third kappa shape index (κ3) is 5.09. The Morgan fingerprint density at radius 3 is 2.41 bits per heavy atom. The number of carbonyl (C=O) groups is 1. The molecule has 1 amide bonds. The molecular weight excluding hydrogens is 477 g/mol. The van der Waals surface area contributed by atoms with Gasteiger partial charge in [-0.1, -0.05) is 36.4 Å². The number of rotatable bonds is 6. The molecule has 1 heterocycles. The fourth-order valence-electron chi connectivity index (χ4n) is 3.40. The van der Waals surface area contributed by atoms with Gasteiger partial charge in [-0.3, -0.25) is 4.79 Å². The molecule has 0 fully saturated rings. The van der Waals surface area contributed by atoms with Crippen molar-refractivity contribution in [2.24, 2.45) is 0 Å². The van der Waals surface area contributed by atoms with Crippen LogP contribution in [0.15, 0.2) is 72.8 Å². The molecule has 1 unspecified atom stereocenters. The molecule has 4 rings (SSSR count). The predicted octanol–water partition coefficient (Wildman–Crippen LogP) is 5.17. The van der Waals surface area contributed by atoms with E-state index in [1.807, 2.05) is 60.7 Å². The summed E-state index contributed by atoms with van der Waals surface area (Å²) in [5.41, 5.74) is 2.93. The van der Waals surface area contributed by atoms with Crippen LogP contribution in [0.2, 0.25) is 0 Å². The van der Waals surface area contributed by atoms with E-state index in [-0.39, 0.29) is 11.9 Å². The van der Waals surface area contributed by atoms with Gasteiger partial charge < -0.3 is 14.8 Å². The first-order chi connectivity index (χ1) is 14.2. The number of benzene rings is 3. The van der Waals surface area contributed by atoms with Gasteiger partial charge in [-0.05, 0) is 83.0 Å². The SMILES string of the molecule is O=C(NC(CCc1ccccc1)c1ccc2c(c1)OCCO2)c1ccc(I)cc1. The van der Waals surface area contributed by atoms with Crippen molar-refractivity contribution in [1.82, 2.24) is 5.32 Å². The number of halogens is 1. The van der Waals surface area contributed by atoms with E-state index in [0.717, 1.165) is 33.5 Å². The maximum absolute atomic E-state index is 12.9. The van der Waals surface area contributed by atoms with E-state index in [0.29, 0.717) is 18.8 Å². The highest BCUT2D eigenvalue weighted by molar-refractivity contribution is 14.1. The molecule has 4 nitrogen and oxygen atoms in total. The number of carbonyl (C=O) groups excluding carboxylic acids is 1. The highest BCUT2D eigenvalue weighted by atomic mass is 127.